The van der Waals surface area contributed by atoms with E-state index in [0.717, 1.165) is 52.0 Å². The number of aryl methyl sites for hydroxylation is 2. The number of aromatic carboxylic acids is 1. The zero-order valence-electron chi connectivity index (χ0n) is 24.2. The molecule has 2 N–H and O–H groups in total. The lowest BCUT2D eigenvalue weighted by molar-refractivity contribution is 0.0697. The van der Waals surface area contributed by atoms with E-state index in [1.54, 1.807) is 18.2 Å². The van der Waals surface area contributed by atoms with Crippen LogP contribution >= 0.6 is 24.2 Å². The molecule has 0 bridgehead atoms. The number of nitrogens with one attached hydrogen (secondary N) is 1. The predicted octanol–water partition coefficient (Wildman–Crippen LogP) is 7.64. The standard InChI is InChI=1S/C35H34ClN3O3S/c1-3-9-32-38-33-22(2)16-26(34(40)37-27(21-43)17-23-10-5-4-6-11-23)19-31(33)39(32)20-25-15-14-24(18-30(25)36)28-12-7-8-13-29(28)35(41)42/h4-8,10-16,18-19,27,43H,3,9,17,20-21H2,1-2H3,(H,37,40)(H,41,42)/t27-/m1/s1. The molecule has 43 heavy (non-hydrogen) atoms. The first-order valence-corrected chi connectivity index (χ1v) is 15.4. The summed E-state index contributed by atoms with van der Waals surface area (Å²) in [4.78, 5) is 30.2. The molecule has 0 spiro atoms. The molecule has 0 aliphatic heterocycles. The third-order valence-corrected chi connectivity index (χ3v) is 8.38. The first-order chi connectivity index (χ1) is 20.8. The van der Waals surface area contributed by atoms with Gasteiger partial charge in [0, 0.05) is 28.8 Å². The van der Waals surface area contributed by atoms with E-state index in [1.165, 1.54) is 0 Å². The molecular formula is C35H34ClN3O3S. The lowest BCUT2D eigenvalue weighted by Crippen LogP contribution is -2.37. The summed E-state index contributed by atoms with van der Waals surface area (Å²) in [5.74, 6) is 0.309. The van der Waals surface area contributed by atoms with E-state index in [1.807, 2.05) is 61.5 Å². The minimum absolute atomic E-state index is 0.113. The van der Waals surface area contributed by atoms with E-state index in [9.17, 15) is 14.7 Å². The quantitative estimate of drug-likeness (QED) is 0.134. The Kier molecular flexibility index (Phi) is 9.53. The third-order valence-electron chi connectivity index (χ3n) is 7.59. The highest BCUT2D eigenvalue weighted by Crippen LogP contribution is 2.31. The van der Waals surface area contributed by atoms with Crippen LogP contribution in [0.4, 0.5) is 0 Å². The molecule has 5 rings (SSSR count). The number of fused-ring (bicyclic) bond motifs is 1. The Balaban J connectivity index is 1.47. The topological polar surface area (TPSA) is 84.2 Å². The molecule has 0 radical (unpaired) electrons. The number of amides is 1. The summed E-state index contributed by atoms with van der Waals surface area (Å²) in [5, 5.41) is 13.3. The van der Waals surface area contributed by atoms with Crippen LogP contribution < -0.4 is 5.32 Å². The Hall–Kier alpha value is -4.07. The SMILES string of the molecule is CCCc1nc2c(C)cc(C(=O)N[C@@H](CS)Cc3ccccc3)cc2n1Cc1ccc(-c2ccccc2C(=O)O)cc1Cl. The number of thiol groups is 1. The molecule has 1 amide bonds. The van der Waals surface area contributed by atoms with Crippen molar-refractivity contribution in [2.45, 2.75) is 45.7 Å². The van der Waals surface area contributed by atoms with Gasteiger partial charge in [-0.3, -0.25) is 4.79 Å². The normalized spacial score (nSPS) is 11.9. The van der Waals surface area contributed by atoms with Crippen LogP contribution in [0.5, 0.6) is 0 Å². The molecule has 5 aromatic rings. The molecule has 6 nitrogen and oxygen atoms in total. The van der Waals surface area contributed by atoms with Gasteiger partial charge in [0.25, 0.3) is 5.91 Å². The van der Waals surface area contributed by atoms with Crippen LogP contribution in [-0.4, -0.2) is 38.3 Å². The second-order valence-corrected chi connectivity index (χ2v) is 11.5. The Bertz CT molecular complexity index is 1780. The van der Waals surface area contributed by atoms with Crippen LogP contribution in [0, 0.1) is 6.92 Å². The molecule has 0 aliphatic carbocycles. The maximum Gasteiger partial charge on any atom is 0.336 e. The van der Waals surface area contributed by atoms with Crippen molar-refractivity contribution in [1.82, 2.24) is 14.9 Å². The first-order valence-electron chi connectivity index (χ1n) is 14.4. The van der Waals surface area contributed by atoms with Crippen LogP contribution in [-0.2, 0) is 19.4 Å². The number of imidazole rings is 1. The lowest BCUT2D eigenvalue weighted by atomic mass is 9.98. The van der Waals surface area contributed by atoms with Crippen LogP contribution in [0.3, 0.4) is 0 Å². The fraction of sp³-hybridized carbons (Fsp3) is 0.229. The summed E-state index contributed by atoms with van der Waals surface area (Å²) < 4.78 is 2.13. The average Bonchev–Trinajstić information content (AvgIpc) is 3.35. The number of nitrogens with zero attached hydrogens (tertiary/aromatic N) is 2. The first kappa shape index (κ1) is 30.4. The molecule has 0 unspecified atom stereocenters. The van der Waals surface area contributed by atoms with Crippen molar-refractivity contribution in [2.24, 2.45) is 0 Å². The zero-order valence-corrected chi connectivity index (χ0v) is 25.8. The third kappa shape index (κ3) is 6.79. The van der Waals surface area contributed by atoms with Gasteiger partial charge in [0.15, 0.2) is 0 Å². The smallest absolute Gasteiger partial charge is 0.336 e. The van der Waals surface area contributed by atoms with Gasteiger partial charge < -0.3 is 15.0 Å². The fourth-order valence-electron chi connectivity index (χ4n) is 5.43. The molecule has 1 heterocycles. The highest BCUT2D eigenvalue weighted by Gasteiger charge is 2.20. The highest BCUT2D eigenvalue weighted by molar-refractivity contribution is 7.80. The van der Waals surface area contributed by atoms with Gasteiger partial charge in [-0.2, -0.15) is 12.6 Å². The number of carboxylic acids is 1. The second kappa shape index (κ2) is 13.5. The number of hydrogen-bond acceptors (Lipinski definition) is 4. The Morgan fingerprint density at radius 1 is 1.02 bits per heavy atom. The second-order valence-electron chi connectivity index (χ2n) is 10.7. The van der Waals surface area contributed by atoms with Gasteiger partial charge in [-0.1, -0.05) is 79.2 Å². The van der Waals surface area contributed by atoms with Gasteiger partial charge in [-0.15, -0.1) is 0 Å². The molecule has 1 aromatic heterocycles. The molecule has 8 heteroatoms. The highest BCUT2D eigenvalue weighted by atomic mass is 35.5. The molecule has 0 saturated carbocycles. The molecule has 0 fully saturated rings. The maximum absolute atomic E-state index is 13.5. The Morgan fingerprint density at radius 2 is 1.77 bits per heavy atom. The van der Waals surface area contributed by atoms with Crippen molar-refractivity contribution in [1.29, 1.82) is 0 Å². The van der Waals surface area contributed by atoms with Crippen molar-refractivity contribution in [3.63, 3.8) is 0 Å². The Labute approximate surface area is 262 Å². The van der Waals surface area contributed by atoms with Crippen LogP contribution in [0.2, 0.25) is 5.02 Å². The van der Waals surface area contributed by atoms with Crippen molar-refractivity contribution in [3.05, 3.63) is 124 Å². The van der Waals surface area contributed by atoms with Gasteiger partial charge >= 0.3 is 5.97 Å². The van der Waals surface area contributed by atoms with Gasteiger partial charge in [-0.05, 0) is 71.8 Å². The van der Waals surface area contributed by atoms with Crippen molar-refractivity contribution in [2.75, 3.05) is 5.75 Å². The predicted molar refractivity (Wildman–Crippen MR) is 177 cm³/mol. The van der Waals surface area contributed by atoms with E-state index < -0.39 is 5.97 Å². The zero-order chi connectivity index (χ0) is 30.5. The van der Waals surface area contributed by atoms with Crippen LogP contribution in [0.25, 0.3) is 22.2 Å². The largest absolute Gasteiger partial charge is 0.478 e. The van der Waals surface area contributed by atoms with Gasteiger partial charge in [-0.25, -0.2) is 9.78 Å². The van der Waals surface area contributed by atoms with E-state index in [-0.39, 0.29) is 17.5 Å². The van der Waals surface area contributed by atoms with E-state index >= 15 is 0 Å². The number of carbonyl (C=O) groups excluding carboxylic acids is 1. The number of halogens is 1. The summed E-state index contributed by atoms with van der Waals surface area (Å²) in [6.07, 6.45) is 2.38. The van der Waals surface area contributed by atoms with Crippen molar-refractivity contribution >= 4 is 47.1 Å². The number of hydrogen-bond donors (Lipinski definition) is 3. The Morgan fingerprint density at radius 3 is 2.47 bits per heavy atom. The number of rotatable bonds is 11. The molecular weight excluding hydrogens is 578 g/mol. The number of carboxylic acid groups (broad SMARTS) is 1. The molecule has 0 saturated heterocycles. The van der Waals surface area contributed by atoms with Crippen molar-refractivity contribution < 1.29 is 14.7 Å². The molecule has 1 atom stereocenters. The van der Waals surface area contributed by atoms with E-state index in [4.69, 9.17) is 16.6 Å². The van der Waals surface area contributed by atoms with Gasteiger partial charge in [0.1, 0.15) is 5.82 Å². The van der Waals surface area contributed by atoms with Crippen LogP contribution in [0.15, 0.2) is 84.9 Å². The number of benzene rings is 4. The van der Waals surface area contributed by atoms with Crippen molar-refractivity contribution in [3.8, 4) is 11.1 Å². The summed E-state index contributed by atoms with van der Waals surface area (Å²) in [6, 6.07) is 26.3. The molecule has 4 aromatic carbocycles. The van der Waals surface area contributed by atoms with Crippen LogP contribution in [0.1, 0.15) is 56.6 Å². The van der Waals surface area contributed by atoms with E-state index in [2.05, 4.69) is 41.6 Å². The number of carbonyl (C=O) groups is 2. The minimum Gasteiger partial charge on any atom is -0.478 e. The number of aromatic nitrogens is 2. The summed E-state index contributed by atoms with van der Waals surface area (Å²) in [5.41, 5.74) is 6.82. The lowest BCUT2D eigenvalue weighted by Gasteiger charge is -2.17. The fourth-order valence-corrected chi connectivity index (χ4v) is 5.89. The summed E-state index contributed by atoms with van der Waals surface area (Å²) in [7, 11) is 0. The van der Waals surface area contributed by atoms with Gasteiger partial charge in [0.05, 0.1) is 23.1 Å². The monoisotopic (exact) mass is 611 g/mol. The molecule has 0 aliphatic rings. The summed E-state index contributed by atoms with van der Waals surface area (Å²) in [6.45, 7) is 4.55. The minimum atomic E-state index is -0.985. The summed E-state index contributed by atoms with van der Waals surface area (Å²) >= 11 is 11.3. The average molecular weight is 612 g/mol. The van der Waals surface area contributed by atoms with Gasteiger partial charge in [0.2, 0.25) is 0 Å². The molecule has 220 valence electrons. The van der Waals surface area contributed by atoms with E-state index in [0.29, 0.717) is 34.9 Å². The maximum atomic E-state index is 13.5.